The minimum atomic E-state index is -0.148. The van der Waals surface area contributed by atoms with Crippen molar-refractivity contribution in [3.63, 3.8) is 0 Å². The molecule has 0 fully saturated rings. The molecule has 1 aromatic heterocycles. The molecular weight excluding hydrogens is 320 g/mol. The first-order valence-electron chi connectivity index (χ1n) is 7.67. The van der Waals surface area contributed by atoms with Crippen molar-refractivity contribution in [2.75, 3.05) is 21.3 Å². The molecule has 5 heteroatoms. The van der Waals surface area contributed by atoms with E-state index in [1.54, 1.807) is 38.5 Å². The van der Waals surface area contributed by atoms with Crippen LogP contribution in [-0.2, 0) is 0 Å². The SMILES string of the molecule is COc1ccc(/C=C/c2cc(=O)c3c(OC)cccc3o2)cc1OC. The van der Waals surface area contributed by atoms with Gasteiger partial charge in [0.15, 0.2) is 16.9 Å². The Morgan fingerprint density at radius 1 is 0.840 bits per heavy atom. The van der Waals surface area contributed by atoms with Gasteiger partial charge in [-0.25, -0.2) is 0 Å². The summed E-state index contributed by atoms with van der Waals surface area (Å²) in [4.78, 5) is 12.4. The van der Waals surface area contributed by atoms with E-state index in [0.717, 1.165) is 5.56 Å². The summed E-state index contributed by atoms with van der Waals surface area (Å²) in [7, 11) is 4.70. The van der Waals surface area contributed by atoms with Crippen molar-refractivity contribution in [3.8, 4) is 17.2 Å². The number of rotatable bonds is 5. The van der Waals surface area contributed by atoms with Crippen LogP contribution in [0.3, 0.4) is 0 Å². The number of methoxy groups -OCH3 is 3. The fourth-order valence-corrected chi connectivity index (χ4v) is 2.58. The minimum absolute atomic E-state index is 0.148. The van der Waals surface area contributed by atoms with Gasteiger partial charge in [0.25, 0.3) is 0 Å². The summed E-state index contributed by atoms with van der Waals surface area (Å²) in [6, 6.07) is 12.3. The normalized spacial score (nSPS) is 11.0. The fraction of sp³-hybridized carbons (Fsp3) is 0.150. The Balaban J connectivity index is 1.98. The second-order valence-electron chi connectivity index (χ2n) is 5.29. The molecule has 2 aromatic carbocycles. The zero-order valence-corrected chi connectivity index (χ0v) is 14.2. The second-order valence-corrected chi connectivity index (χ2v) is 5.29. The third-order valence-corrected chi connectivity index (χ3v) is 3.80. The zero-order valence-electron chi connectivity index (χ0n) is 14.2. The Hall–Kier alpha value is -3.21. The van der Waals surface area contributed by atoms with Gasteiger partial charge in [-0.2, -0.15) is 0 Å². The van der Waals surface area contributed by atoms with E-state index in [-0.39, 0.29) is 5.43 Å². The third-order valence-electron chi connectivity index (χ3n) is 3.80. The van der Waals surface area contributed by atoms with E-state index in [2.05, 4.69) is 0 Å². The summed E-state index contributed by atoms with van der Waals surface area (Å²) >= 11 is 0. The summed E-state index contributed by atoms with van der Waals surface area (Å²) in [5.41, 5.74) is 1.23. The highest BCUT2D eigenvalue weighted by Gasteiger charge is 2.08. The van der Waals surface area contributed by atoms with Crippen LogP contribution in [0.25, 0.3) is 23.1 Å². The van der Waals surface area contributed by atoms with Crippen LogP contribution in [0, 0.1) is 0 Å². The molecule has 0 radical (unpaired) electrons. The van der Waals surface area contributed by atoms with E-state index < -0.39 is 0 Å². The summed E-state index contributed by atoms with van der Waals surface area (Å²) in [5, 5.41) is 0.438. The molecule has 0 amide bonds. The van der Waals surface area contributed by atoms with E-state index in [1.165, 1.54) is 13.2 Å². The Kier molecular flexibility index (Phi) is 4.75. The van der Waals surface area contributed by atoms with Gasteiger partial charge >= 0.3 is 0 Å². The first-order chi connectivity index (χ1) is 12.2. The first-order valence-corrected chi connectivity index (χ1v) is 7.67. The maximum atomic E-state index is 12.4. The van der Waals surface area contributed by atoms with E-state index in [1.807, 2.05) is 24.3 Å². The number of hydrogen-bond donors (Lipinski definition) is 0. The summed E-state index contributed by atoms with van der Waals surface area (Å²) in [6.07, 6.45) is 3.58. The van der Waals surface area contributed by atoms with Crippen molar-refractivity contribution in [3.05, 3.63) is 64.0 Å². The van der Waals surface area contributed by atoms with Gasteiger partial charge in [-0.1, -0.05) is 18.2 Å². The van der Waals surface area contributed by atoms with Gasteiger partial charge in [0, 0.05) is 6.07 Å². The van der Waals surface area contributed by atoms with Crippen LogP contribution in [0.2, 0.25) is 0 Å². The number of fused-ring (bicyclic) bond motifs is 1. The lowest BCUT2D eigenvalue weighted by Gasteiger charge is -2.07. The topological polar surface area (TPSA) is 57.9 Å². The molecule has 25 heavy (non-hydrogen) atoms. The van der Waals surface area contributed by atoms with Gasteiger partial charge in [0.1, 0.15) is 22.5 Å². The maximum Gasteiger partial charge on any atom is 0.197 e. The molecule has 0 bridgehead atoms. The second kappa shape index (κ2) is 7.13. The summed E-state index contributed by atoms with van der Waals surface area (Å²) < 4.78 is 21.5. The molecule has 0 unspecified atom stereocenters. The Bertz CT molecular complexity index is 985. The summed E-state index contributed by atoms with van der Waals surface area (Å²) in [5.74, 6) is 2.25. The molecule has 0 atom stereocenters. The lowest BCUT2D eigenvalue weighted by atomic mass is 10.1. The minimum Gasteiger partial charge on any atom is -0.496 e. The quantitative estimate of drug-likeness (QED) is 0.704. The Morgan fingerprint density at radius 2 is 1.60 bits per heavy atom. The van der Waals surface area contributed by atoms with Crippen molar-refractivity contribution >= 4 is 23.1 Å². The van der Waals surface area contributed by atoms with Gasteiger partial charge in [0.2, 0.25) is 0 Å². The van der Waals surface area contributed by atoms with Crippen molar-refractivity contribution in [2.24, 2.45) is 0 Å². The predicted molar refractivity (Wildman–Crippen MR) is 97.5 cm³/mol. The molecule has 5 nitrogen and oxygen atoms in total. The van der Waals surface area contributed by atoms with Crippen LogP contribution in [0.1, 0.15) is 11.3 Å². The molecule has 0 aliphatic heterocycles. The maximum absolute atomic E-state index is 12.4. The standard InChI is InChI=1S/C20H18O5/c1-22-16-10-8-13(11-19(16)24-3)7-9-14-12-15(21)20-17(23-2)5-4-6-18(20)25-14/h4-12H,1-3H3/b9-7+. The molecule has 3 aromatic rings. The van der Waals surface area contributed by atoms with Crippen LogP contribution in [0.5, 0.6) is 17.2 Å². The highest BCUT2D eigenvalue weighted by molar-refractivity contribution is 5.84. The number of hydrogen-bond acceptors (Lipinski definition) is 5. The van der Waals surface area contributed by atoms with E-state index in [9.17, 15) is 4.79 Å². The lowest BCUT2D eigenvalue weighted by molar-refractivity contribution is 0.355. The average molecular weight is 338 g/mol. The van der Waals surface area contributed by atoms with Gasteiger partial charge in [-0.3, -0.25) is 4.79 Å². The number of ether oxygens (including phenoxy) is 3. The molecule has 128 valence electrons. The zero-order chi connectivity index (χ0) is 17.8. The van der Waals surface area contributed by atoms with Gasteiger partial charge in [-0.05, 0) is 35.9 Å². The highest BCUT2D eigenvalue weighted by atomic mass is 16.5. The van der Waals surface area contributed by atoms with Crippen molar-refractivity contribution in [1.82, 2.24) is 0 Å². The molecule has 1 heterocycles. The van der Waals surface area contributed by atoms with Gasteiger partial charge in [-0.15, -0.1) is 0 Å². The van der Waals surface area contributed by atoms with E-state index in [0.29, 0.717) is 34.0 Å². The van der Waals surface area contributed by atoms with Crippen LogP contribution >= 0.6 is 0 Å². The third kappa shape index (κ3) is 3.35. The van der Waals surface area contributed by atoms with Crippen LogP contribution in [0.15, 0.2) is 51.7 Å². The van der Waals surface area contributed by atoms with Crippen molar-refractivity contribution in [2.45, 2.75) is 0 Å². The smallest absolute Gasteiger partial charge is 0.197 e. The molecule has 0 N–H and O–H groups in total. The lowest BCUT2D eigenvalue weighted by Crippen LogP contribution is -2.02. The molecule has 0 spiro atoms. The molecule has 0 saturated heterocycles. The van der Waals surface area contributed by atoms with Gasteiger partial charge < -0.3 is 18.6 Å². The fourth-order valence-electron chi connectivity index (χ4n) is 2.58. The van der Waals surface area contributed by atoms with Crippen molar-refractivity contribution in [1.29, 1.82) is 0 Å². The monoisotopic (exact) mass is 338 g/mol. The largest absolute Gasteiger partial charge is 0.496 e. The summed E-state index contributed by atoms with van der Waals surface area (Å²) in [6.45, 7) is 0. The molecule has 0 aliphatic carbocycles. The van der Waals surface area contributed by atoms with Gasteiger partial charge in [0.05, 0.1) is 21.3 Å². The molecular formula is C20H18O5. The molecule has 3 rings (SSSR count). The molecule has 0 saturated carbocycles. The van der Waals surface area contributed by atoms with Crippen LogP contribution in [-0.4, -0.2) is 21.3 Å². The van der Waals surface area contributed by atoms with Crippen molar-refractivity contribution < 1.29 is 18.6 Å². The van der Waals surface area contributed by atoms with E-state index >= 15 is 0 Å². The first kappa shape index (κ1) is 16.6. The highest BCUT2D eigenvalue weighted by Crippen LogP contribution is 2.28. The van der Waals surface area contributed by atoms with E-state index in [4.69, 9.17) is 18.6 Å². The number of benzene rings is 2. The van der Waals surface area contributed by atoms with Crippen LogP contribution < -0.4 is 19.6 Å². The molecule has 0 aliphatic rings. The predicted octanol–water partition coefficient (Wildman–Crippen LogP) is 3.99. The Labute approximate surface area is 145 Å². The van der Waals surface area contributed by atoms with Crippen LogP contribution in [0.4, 0.5) is 0 Å². The Morgan fingerprint density at radius 3 is 2.32 bits per heavy atom. The average Bonchev–Trinajstić information content (AvgIpc) is 2.65.